The molecular formula is C18H17NO2. The van der Waals surface area contributed by atoms with Crippen LogP contribution in [0.4, 0.5) is 0 Å². The molecule has 0 aromatic heterocycles. The van der Waals surface area contributed by atoms with Crippen molar-refractivity contribution in [1.29, 1.82) is 5.26 Å². The van der Waals surface area contributed by atoms with Gasteiger partial charge in [0.1, 0.15) is 6.61 Å². The first kappa shape index (κ1) is 14.8. The Morgan fingerprint density at radius 2 is 1.57 bits per heavy atom. The van der Waals surface area contributed by atoms with Gasteiger partial charge in [-0.2, -0.15) is 5.26 Å². The van der Waals surface area contributed by atoms with Crippen LogP contribution in [0.2, 0.25) is 0 Å². The standard InChI is InChI=1S/C18H17NO2/c1-18(14-19,12-15-8-4-2-5-9-15)17(20)21-13-16-10-6-3-7-11-16/h2-11H,12-13H2,1H3. The Kier molecular flexibility index (Phi) is 4.73. The molecule has 0 amide bonds. The molecule has 0 aliphatic heterocycles. The molecule has 0 saturated heterocycles. The molecule has 106 valence electrons. The molecule has 21 heavy (non-hydrogen) atoms. The van der Waals surface area contributed by atoms with E-state index < -0.39 is 11.4 Å². The van der Waals surface area contributed by atoms with Gasteiger partial charge in [-0.1, -0.05) is 60.7 Å². The summed E-state index contributed by atoms with van der Waals surface area (Å²) in [5.74, 6) is -0.488. The molecule has 0 heterocycles. The van der Waals surface area contributed by atoms with Crippen molar-refractivity contribution in [1.82, 2.24) is 0 Å². The highest BCUT2D eigenvalue weighted by Crippen LogP contribution is 2.24. The fourth-order valence-electron chi connectivity index (χ4n) is 2.04. The molecule has 0 saturated carbocycles. The molecular weight excluding hydrogens is 262 g/mol. The van der Waals surface area contributed by atoms with Crippen molar-refractivity contribution in [3.05, 3.63) is 71.8 Å². The van der Waals surface area contributed by atoms with E-state index in [1.807, 2.05) is 60.7 Å². The van der Waals surface area contributed by atoms with Crippen LogP contribution in [0.15, 0.2) is 60.7 Å². The minimum Gasteiger partial charge on any atom is -0.460 e. The number of nitriles is 1. The second-order valence-corrected chi connectivity index (χ2v) is 5.17. The Hall–Kier alpha value is -2.60. The van der Waals surface area contributed by atoms with E-state index >= 15 is 0 Å². The Labute approximate surface area is 124 Å². The zero-order valence-corrected chi connectivity index (χ0v) is 12.0. The van der Waals surface area contributed by atoms with Gasteiger partial charge in [-0.05, 0) is 18.1 Å². The smallest absolute Gasteiger partial charge is 0.326 e. The molecule has 0 bridgehead atoms. The highest BCUT2D eigenvalue weighted by Gasteiger charge is 2.35. The van der Waals surface area contributed by atoms with Gasteiger partial charge in [-0.15, -0.1) is 0 Å². The van der Waals surface area contributed by atoms with Gasteiger partial charge in [0.15, 0.2) is 5.41 Å². The topological polar surface area (TPSA) is 50.1 Å². The van der Waals surface area contributed by atoms with Crippen LogP contribution in [0.5, 0.6) is 0 Å². The normalized spacial score (nSPS) is 13.0. The predicted octanol–water partition coefficient (Wildman–Crippen LogP) is 3.50. The number of esters is 1. The van der Waals surface area contributed by atoms with Gasteiger partial charge in [0, 0.05) is 6.42 Å². The highest BCUT2D eigenvalue weighted by molar-refractivity contribution is 5.80. The first-order valence-electron chi connectivity index (χ1n) is 6.80. The van der Waals surface area contributed by atoms with Crippen LogP contribution in [0.3, 0.4) is 0 Å². The van der Waals surface area contributed by atoms with Gasteiger partial charge in [-0.25, -0.2) is 0 Å². The van der Waals surface area contributed by atoms with Crippen molar-refractivity contribution in [2.45, 2.75) is 20.0 Å². The SMILES string of the molecule is CC(C#N)(Cc1ccccc1)C(=O)OCc1ccccc1. The number of benzene rings is 2. The summed E-state index contributed by atoms with van der Waals surface area (Å²) in [6.45, 7) is 1.80. The number of carbonyl (C=O) groups is 1. The van der Waals surface area contributed by atoms with Crippen molar-refractivity contribution in [2.24, 2.45) is 5.41 Å². The third kappa shape index (κ3) is 3.93. The molecule has 2 rings (SSSR count). The third-order valence-corrected chi connectivity index (χ3v) is 3.31. The minimum absolute atomic E-state index is 0.186. The number of ether oxygens (including phenoxy) is 1. The molecule has 2 aromatic carbocycles. The summed E-state index contributed by atoms with van der Waals surface area (Å²) in [5, 5.41) is 9.36. The summed E-state index contributed by atoms with van der Waals surface area (Å²) < 4.78 is 5.29. The second-order valence-electron chi connectivity index (χ2n) is 5.17. The van der Waals surface area contributed by atoms with Crippen LogP contribution >= 0.6 is 0 Å². The Bertz CT molecular complexity index is 631. The zero-order valence-electron chi connectivity index (χ0n) is 12.0. The number of hydrogen-bond acceptors (Lipinski definition) is 3. The van der Waals surface area contributed by atoms with E-state index in [1.165, 1.54) is 0 Å². The highest BCUT2D eigenvalue weighted by atomic mass is 16.5. The average molecular weight is 279 g/mol. The maximum atomic E-state index is 12.2. The summed E-state index contributed by atoms with van der Waals surface area (Å²) in [5.41, 5.74) is 0.680. The van der Waals surface area contributed by atoms with Gasteiger partial charge in [0.25, 0.3) is 0 Å². The molecule has 0 aliphatic rings. The van der Waals surface area contributed by atoms with Crippen molar-refractivity contribution in [3.63, 3.8) is 0 Å². The van der Waals surface area contributed by atoms with Crippen LogP contribution in [-0.4, -0.2) is 5.97 Å². The Morgan fingerprint density at radius 3 is 2.10 bits per heavy atom. The van der Waals surface area contributed by atoms with E-state index in [-0.39, 0.29) is 6.61 Å². The maximum Gasteiger partial charge on any atom is 0.326 e. The third-order valence-electron chi connectivity index (χ3n) is 3.31. The number of rotatable bonds is 5. The molecule has 3 nitrogen and oxygen atoms in total. The van der Waals surface area contributed by atoms with E-state index in [9.17, 15) is 10.1 Å². The van der Waals surface area contributed by atoms with E-state index in [1.54, 1.807) is 6.92 Å². The molecule has 0 N–H and O–H groups in total. The minimum atomic E-state index is -1.17. The van der Waals surface area contributed by atoms with Crippen LogP contribution in [-0.2, 0) is 22.6 Å². The lowest BCUT2D eigenvalue weighted by molar-refractivity contribution is -0.153. The van der Waals surface area contributed by atoms with Gasteiger partial charge in [0.05, 0.1) is 6.07 Å². The predicted molar refractivity (Wildman–Crippen MR) is 80.1 cm³/mol. The Morgan fingerprint density at radius 1 is 1.05 bits per heavy atom. The monoisotopic (exact) mass is 279 g/mol. The lowest BCUT2D eigenvalue weighted by atomic mass is 9.85. The number of hydrogen-bond donors (Lipinski definition) is 0. The summed E-state index contributed by atoms with van der Waals surface area (Å²) in [6, 6.07) is 21.0. The molecule has 0 aliphatic carbocycles. The van der Waals surface area contributed by atoms with Crippen LogP contribution in [0, 0.1) is 16.7 Å². The molecule has 3 heteroatoms. The lowest BCUT2D eigenvalue weighted by Crippen LogP contribution is -2.30. The first-order chi connectivity index (χ1) is 10.1. The summed E-state index contributed by atoms with van der Waals surface area (Å²) in [6.07, 6.45) is 0.345. The lowest BCUT2D eigenvalue weighted by Gasteiger charge is -2.19. The molecule has 0 fully saturated rings. The second kappa shape index (κ2) is 6.71. The van der Waals surface area contributed by atoms with Crippen molar-refractivity contribution in [2.75, 3.05) is 0 Å². The van der Waals surface area contributed by atoms with E-state index in [4.69, 9.17) is 4.74 Å². The number of nitrogens with zero attached hydrogens (tertiary/aromatic N) is 1. The van der Waals surface area contributed by atoms with Crippen LogP contribution in [0.1, 0.15) is 18.1 Å². The summed E-state index contributed by atoms with van der Waals surface area (Å²) in [4.78, 5) is 12.2. The quantitative estimate of drug-likeness (QED) is 0.787. The van der Waals surface area contributed by atoms with Gasteiger partial charge in [-0.3, -0.25) is 4.79 Å². The van der Waals surface area contributed by atoms with Crippen LogP contribution in [0.25, 0.3) is 0 Å². The van der Waals surface area contributed by atoms with Crippen molar-refractivity contribution in [3.8, 4) is 6.07 Å². The fraction of sp³-hybridized carbons (Fsp3) is 0.222. The Balaban J connectivity index is 2.02. The van der Waals surface area contributed by atoms with Crippen molar-refractivity contribution < 1.29 is 9.53 Å². The van der Waals surface area contributed by atoms with Gasteiger partial charge in [0.2, 0.25) is 0 Å². The molecule has 1 unspecified atom stereocenters. The van der Waals surface area contributed by atoms with E-state index in [0.29, 0.717) is 6.42 Å². The van der Waals surface area contributed by atoms with Crippen molar-refractivity contribution >= 4 is 5.97 Å². The maximum absolute atomic E-state index is 12.2. The van der Waals surface area contributed by atoms with E-state index in [0.717, 1.165) is 11.1 Å². The zero-order chi connectivity index (χ0) is 15.1. The van der Waals surface area contributed by atoms with E-state index in [2.05, 4.69) is 6.07 Å². The van der Waals surface area contributed by atoms with Gasteiger partial charge < -0.3 is 4.74 Å². The summed E-state index contributed by atoms with van der Waals surface area (Å²) in [7, 11) is 0. The average Bonchev–Trinajstić information content (AvgIpc) is 2.54. The number of carbonyl (C=O) groups excluding carboxylic acids is 1. The fourth-order valence-corrected chi connectivity index (χ4v) is 2.04. The molecule has 0 spiro atoms. The van der Waals surface area contributed by atoms with Crippen LogP contribution < -0.4 is 0 Å². The van der Waals surface area contributed by atoms with Gasteiger partial charge >= 0.3 is 5.97 Å². The molecule has 1 atom stereocenters. The molecule has 2 aromatic rings. The first-order valence-corrected chi connectivity index (χ1v) is 6.80. The summed E-state index contributed by atoms with van der Waals surface area (Å²) >= 11 is 0. The largest absolute Gasteiger partial charge is 0.460 e. The molecule has 0 radical (unpaired) electrons.